The fourth-order valence-corrected chi connectivity index (χ4v) is 2.73. The average molecular weight is 261 g/mol. The summed E-state index contributed by atoms with van der Waals surface area (Å²) in [6.07, 6.45) is 4.81. The standard InChI is InChI=1S/C12H11N3O2S/c1-15(10-4-6-17-14-10)12(16)9-7-8-3-2-5-13-11(8)18-9/h2-7,10,14H,1H3. The van der Waals surface area contributed by atoms with E-state index >= 15 is 0 Å². The zero-order chi connectivity index (χ0) is 12.5. The largest absolute Gasteiger partial charge is 0.414 e. The van der Waals surface area contributed by atoms with Crippen LogP contribution in [0.1, 0.15) is 9.67 Å². The first-order valence-corrected chi connectivity index (χ1v) is 6.27. The van der Waals surface area contributed by atoms with Gasteiger partial charge >= 0.3 is 0 Å². The summed E-state index contributed by atoms with van der Waals surface area (Å²) < 4.78 is 0. The fourth-order valence-electron chi connectivity index (χ4n) is 1.75. The Morgan fingerprint density at radius 1 is 1.61 bits per heavy atom. The van der Waals surface area contributed by atoms with Crippen molar-refractivity contribution in [3.8, 4) is 0 Å². The van der Waals surface area contributed by atoms with Crippen molar-refractivity contribution in [2.24, 2.45) is 0 Å². The van der Waals surface area contributed by atoms with Gasteiger partial charge < -0.3 is 9.74 Å². The first-order valence-electron chi connectivity index (χ1n) is 5.45. The van der Waals surface area contributed by atoms with Crippen LogP contribution >= 0.6 is 11.3 Å². The third kappa shape index (κ3) is 1.85. The number of amides is 1. The summed E-state index contributed by atoms with van der Waals surface area (Å²) in [5.41, 5.74) is 2.72. The molecule has 0 saturated carbocycles. The van der Waals surface area contributed by atoms with Crippen LogP contribution in [0, 0.1) is 0 Å². The van der Waals surface area contributed by atoms with Crippen LogP contribution in [-0.2, 0) is 4.84 Å². The molecular formula is C12H11N3O2S. The predicted octanol–water partition coefficient (Wildman–Crippen LogP) is 1.74. The topological polar surface area (TPSA) is 54.5 Å². The summed E-state index contributed by atoms with van der Waals surface area (Å²) >= 11 is 1.40. The minimum atomic E-state index is -0.226. The number of hydrogen-bond donors (Lipinski definition) is 1. The van der Waals surface area contributed by atoms with E-state index < -0.39 is 0 Å². The smallest absolute Gasteiger partial charge is 0.265 e. The van der Waals surface area contributed by atoms with Crippen LogP contribution in [0.2, 0.25) is 0 Å². The fraction of sp³-hybridized carbons (Fsp3) is 0.167. The van der Waals surface area contributed by atoms with Crippen LogP contribution in [0.5, 0.6) is 0 Å². The van der Waals surface area contributed by atoms with Crippen molar-refractivity contribution >= 4 is 27.5 Å². The highest BCUT2D eigenvalue weighted by molar-refractivity contribution is 7.20. The second-order valence-electron chi connectivity index (χ2n) is 3.93. The Morgan fingerprint density at radius 2 is 2.50 bits per heavy atom. The third-order valence-corrected chi connectivity index (χ3v) is 3.81. The SMILES string of the molecule is CN(C(=O)c1cc2cccnc2s1)C1C=CON1. The van der Waals surface area contributed by atoms with Crippen molar-refractivity contribution < 1.29 is 9.63 Å². The molecule has 0 aromatic carbocycles. The van der Waals surface area contributed by atoms with Gasteiger partial charge in [0.25, 0.3) is 5.91 Å². The van der Waals surface area contributed by atoms with Gasteiger partial charge in [-0.15, -0.1) is 16.8 Å². The molecule has 1 aliphatic rings. The number of carbonyl (C=O) groups is 1. The third-order valence-electron chi connectivity index (χ3n) is 2.76. The monoisotopic (exact) mass is 261 g/mol. The van der Waals surface area contributed by atoms with Crippen LogP contribution in [0.25, 0.3) is 10.2 Å². The molecule has 1 amide bonds. The lowest BCUT2D eigenvalue weighted by Gasteiger charge is -2.21. The second kappa shape index (κ2) is 4.40. The zero-order valence-corrected chi connectivity index (χ0v) is 10.5. The van der Waals surface area contributed by atoms with E-state index in [1.54, 1.807) is 24.2 Å². The maximum atomic E-state index is 12.3. The van der Waals surface area contributed by atoms with Gasteiger partial charge in [-0.05, 0) is 18.2 Å². The van der Waals surface area contributed by atoms with Crippen LogP contribution < -0.4 is 5.48 Å². The van der Waals surface area contributed by atoms with E-state index in [0.29, 0.717) is 4.88 Å². The van der Waals surface area contributed by atoms with Crippen molar-refractivity contribution in [1.82, 2.24) is 15.4 Å². The van der Waals surface area contributed by atoms with Crippen LogP contribution in [0.4, 0.5) is 0 Å². The van der Waals surface area contributed by atoms with E-state index in [-0.39, 0.29) is 12.1 Å². The van der Waals surface area contributed by atoms with E-state index in [0.717, 1.165) is 10.2 Å². The lowest BCUT2D eigenvalue weighted by Crippen LogP contribution is -2.42. The second-order valence-corrected chi connectivity index (χ2v) is 4.96. The Bertz CT molecular complexity index is 590. The molecule has 92 valence electrons. The molecule has 0 spiro atoms. The number of thiophene rings is 1. The average Bonchev–Trinajstić information content (AvgIpc) is 3.05. The molecule has 3 heterocycles. The van der Waals surface area contributed by atoms with Gasteiger partial charge in [-0.1, -0.05) is 6.07 Å². The molecule has 3 rings (SSSR count). The van der Waals surface area contributed by atoms with Crippen LogP contribution in [-0.4, -0.2) is 29.0 Å². The molecule has 1 N–H and O–H groups in total. The summed E-state index contributed by atoms with van der Waals surface area (Å²) in [4.78, 5) is 24.5. The van der Waals surface area contributed by atoms with Gasteiger partial charge in [0.2, 0.25) is 0 Å². The van der Waals surface area contributed by atoms with E-state index in [2.05, 4.69) is 10.5 Å². The van der Waals surface area contributed by atoms with Crippen molar-refractivity contribution in [3.63, 3.8) is 0 Å². The number of fused-ring (bicyclic) bond motifs is 1. The molecule has 0 bridgehead atoms. The molecule has 1 aliphatic heterocycles. The number of hydroxylamine groups is 1. The van der Waals surface area contributed by atoms with Gasteiger partial charge in [0.05, 0.1) is 4.88 Å². The molecule has 2 aromatic heterocycles. The number of likely N-dealkylation sites (N-methyl/N-ethyl adjacent to an activating group) is 1. The summed E-state index contributed by atoms with van der Waals surface area (Å²) in [6, 6.07) is 5.68. The van der Waals surface area contributed by atoms with Crippen LogP contribution in [0.3, 0.4) is 0 Å². The minimum absolute atomic E-state index is 0.0503. The van der Waals surface area contributed by atoms with E-state index in [4.69, 9.17) is 4.84 Å². The number of rotatable bonds is 2. The molecule has 18 heavy (non-hydrogen) atoms. The van der Waals surface area contributed by atoms with Gasteiger partial charge in [0.15, 0.2) is 0 Å². The Labute approximate surface area is 108 Å². The summed E-state index contributed by atoms with van der Waals surface area (Å²) in [7, 11) is 1.73. The highest BCUT2D eigenvalue weighted by atomic mass is 32.1. The van der Waals surface area contributed by atoms with Crippen LogP contribution in [0.15, 0.2) is 36.7 Å². The normalized spacial score (nSPS) is 17.9. The molecule has 2 aromatic rings. The zero-order valence-electron chi connectivity index (χ0n) is 9.66. The van der Waals surface area contributed by atoms with E-state index in [1.807, 2.05) is 18.2 Å². The molecule has 0 aliphatic carbocycles. The predicted molar refractivity (Wildman–Crippen MR) is 68.9 cm³/mol. The number of pyridine rings is 1. The first-order chi connectivity index (χ1) is 8.75. The Kier molecular flexibility index (Phi) is 2.73. The highest BCUT2D eigenvalue weighted by Crippen LogP contribution is 2.24. The summed E-state index contributed by atoms with van der Waals surface area (Å²) in [5, 5.41) is 0.991. The van der Waals surface area contributed by atoms with Crippen molar-refractivity contribution in [2.75, 3.05) is 7.05 Å². The Balaban J connectivity index is 1.89. The maximum Gasteiger partial charge on any atom is 0.265 e. The molecule has 1 atom stereocenters. The quantitative estimate of drug-likeness (QED) is 0.894. The van der Waals surface area contributed by atoms with Gasteiger partial charge in [0.1, 0.15) is 17.3 Å². The summed E-state index contributed by atoms with van der Waals surface area (Å²) in [5.74, 6) is -0.0503. The summed E-state index contributed by atoms with van der Waals surface area (Å²) in [6.45, 7) is 0. The number of aromatic nitrogens is 1. The van der Waals surface area contributed by atoms with Gasteiger partial charge in [-0.3, -0.25) is 4.79 Å². The molecule has 0 radical (unpaired) electrons. The Morgan fingerprint density at radius 3 is 3.22 bits per heavy atom. The minimum Gasteiger partial charge on any atom is -0.414 e. The first kappa shape index (κ1) is 11.2. The maximum absolute atomic E-state index is 12.3. The van der Waals surface area contributed by atoms with Gasteiger partial charge in [-0.25, -0.2) is 4.98 Å². The number of carbonyl (C=O) groups excluding carboxylic acids is 1. The van der Waals surface area contributed by atoms with Crippen molar-refractivity contribution in [3.05, 3.63) is 41.6 Å². The van der Waals surface area contributed by atoms with E-state index in [9.17, 15) is 4.79 Å². The molecular weight excluding hydrogens is 250 g/mol. The molecule has 0 fully saturated rings. The van der Waals surface area contributed by atoms with Gasteiger partial charge in [-0.2, -0.15) is 0 Å². The highest BCUT2D eigenvalue weighted by Gasteiger charge is 2.23. The number of hydrogen-bond acceptors (Lipinski definition) is 5. The Hall–Kier alpha value is -1.92. The van der Waals surface area contributed by atoms with E-state index in [1.165, 1.54) is 17.6 Å². The number of nitrogens with zero attached hydrogens (tertiary/aromatic N) is 2. The molecule has 0 saturated heterocycles. The van der Waals surface area contributed by atoms with Crippen molar-refractivity contribution in [2.45, 2.75) is 6.17 Å². The van der Waals surface area contributed by atoms with Gasteiger partial charge in [0, 0.05) is 18.6 Å². The molecule has 1 unspecified atom stereocenters. The molecule has 6 heteroatoms. The molecule has 5 nitrogen and oxygen atoms in total. The van der Waals surface area contributed by atoms with Crippen molar-refractivity contribution in [1.29, 1.82) is 0 Å². The number of nitrogens with one attached hydrogen (secondary N) is 1. The lowest BCUT2D eigenvalue weighted by atomic mass is 10.3. The lowest BCUT2D eigenvalue weighted by molar-refractivity contribution is 0.0551.